The van der Waals surface area contributed by atoms with E-state index in [4.69, 9.17) is 0 Å². The Balaban J connectivity index is 1.75. The Morgan fingerprint density at radius 2 is 1.88 bits per heavy atom. The first-order valence-electron chi connectivity index (χ1n) is 8.76. The predicted octanol–water partition coefficient (Wildman–Crippen LogP) is 3.42. The van der Waals surface area contributed by atoms with Crippen molar-refractivity contribution in [2.45, 2.75) is 57.9 Å². The van der Waals surface area contributed by atoms with Crippen LogP contribution in [0.3, 0.4) is 0 Å². The minimum absolute atomic E-state index is 0.0277. The van der Waals surface area contributed by atoms with E-state index in [1.165, 1.54) is 32.1 Å². The first-order valence-corrected chi connectivity index (χ1v) is 10.7. The standard InChI is InChI=1S/C18H28N2O3S/c1-24(22,23)20-17-12-6-5-11-16(17)14-19-18(21)13-7-10-15-8-3-2-4-9-15/h5-6,11-12,15,20H,2-4,7-10,13-14H2,1H3,(H,19,21). The van der Waals surface area contributed by atoms with Gasteiger partial charge in [-0.05, 0) is 30.4 Å². The third kappa shape index (κ3) is 6.91. The molecule has 0 bridgehead atoms. The van der Waals surface area contributed by atoms with Gasteiger partial charge >= 0.3 is 0 Å². The molecule has 1 fully saturated rings. The zero-order valence-electron chi connectivity index (χ0n) is 14.4. The Labute approximate surface area is 145 Å². The number of rotatable bonds is 8. The minimum atomic E-state index is -3.33. The van der Waals surface area contributed by atoms with Crippen molar-refractivity contribution in [3.63, 3.8) is 0 Å². The fraction of sp³-hybridized carbons (Fsp3) is 0.611. The Hall–Kier alpha value is -1.56. The molecule has 0 aromatic heterocycles. The fourth-order valence-corrected chi connectivity index (χ4v) is 3.88. The number of carbonyl (C=O) groups is 1. The molecule has 1 aliphatic carbocycles. The van der Waals surface area contributed by atoms with E-state index in [2.05, 4.69) is 10.0 Å². The summed E-state index contributed by atoms with van der Waals surface area (Å²) in [6.45, 7) is 0.334. The number of nitrogens with one attached hydrogen (secondary N) is 2. The maximum atomic E-state index is 12.0. The summed E-state index contributed by atoms with van der Waals surface area (Å²) in [5, 5.41) is 2.89. The lowest BCUT2D eigenvalue weighted by Gasteiger charge is -2.21. The molecule has 1 aliphatic rings. The monoisotopic (exact) mass is 352 g/mol. The van der Waals surface area contributed by atoms with Gasteiger partial charge in [-0.2, -0.15) is 0 Å². The molecule has 2 rings (SSSR count). The van der Waals surface area contributed by atoms with Crippen LogP contribution in [0.2, 0.25) is 0 Å². The highest BCUT2D eigenvalue weighted by molar-refractivity contribution is 7.92. The molecule has 1 aromatic rings. The zero-order chi connectivity index (χ0) is 17.4. The van der Waals surface area contributed by atoms with Crippen molar-refractivity contribution in [2.75, 3.05) is 11.0 Å². The Morgan fingerprint density at radius 3 is 2.58 bits per heavy atom. The van der Waals surface area contributed by atoms with Crippen molar-refractivity contribution < 1.29 is 13.2 Å². The Morgan fingerprint density at radius 1 is 1.17 bits per heavy atom. The topological polar surface area (TPSA) is 75.3 Å². The molecule has 0 atom stereocenters. The second-order valence-electron chi connectivity index (χ2n) is 6.70. The lowest BCUT2D eigenvalue weighted by Crippen LogP contribution is -2.23. The van der Waals surface area contributed by atoms with Crippen molar-refractivity contribution >= 4 is 21.6 Å². The lowest BCUT2D eigenvalue weighted by molar-refractivity contribution is -0.121. The number of carbonyl (C=O) groups excluding carboxylic acids is 1. The van der Waals surface area contributed by atoms with Crippen LogP contribution in [0.25, 0.3) is 0 Å². The normalized spacial score (nSPS) is 15.9. The van der Waals surface area contributed by atoms with Crippen LogP contribution >= 0.6 is 0 Å². The number of hydrogen-bond donors (Lipinski definition) is 2. The van der Waals surface area contributed by atoms with Crippen LogP contribution in [0.4, 0.5) is 5.69 Å². The van der Waals surface area contributed by atoms with Gasteiger partial charge in [-0.25, -0.2) is 8.42 Å². The smallest absolute Gasteiger partial charge is 0.229 e. The van der Waals surface area contributed by atoms with Crippen LogP contribution in [-0.2, 0) is 21.4 Å². The highest BCUT2D eigenvalue weighted by Gasteiger charge is 2.14. The molecule has 24 heavy (non-hydrogen) atoms. The van der Waals surface area contributed by atoms with Crippen LogP contribution < -0.4 is 10.0 Å². The highest BCUT2D eigenvalue weighted by Crippen LogP contribution is 2.27. The van der Waals surface area contributed by atoms with Gasteiger partial charge in [-0.15, -0.1) is 0 Å². The molecule has 0 saturated heterocycles. The SMILES string of the molecule is CS(=O)(=O)Nc1ccccc1CNC(=O)CCCC1CCCCC1. The molecule has 134 valence electrons. The Kier molecular flexibility index (Phi) is 7.09. The average Bonchev–Trinajstić information content (AvgIpc) is 2.54. The summed E-state index contributed by atoms with van der Waals surface area (Å²) < 4.78 is 25.2. The van der Waals surface area contributed by atoms with Gasteiger partial charge in [0.15, 0.2) is 0 Å². The number of hydrogen-bond acceptors (Lipinski definition) is 3. The lowest BCUT2D eigenvalue weighted by atomic mass is 9.86. The summed E-state index contributed by atoms with van der Waals surface area (Å²) in [5.41, 5.74) is 1.28. The molecule has 0 aliphatic heterocycles. The molecule has 0 unspecified atom stereocenters. The largest absolute Gasteiger partial charge is 0.352 e. The van der Waals surface area contributed by atoms with Crippen molar-refractivity contribution in [3.05, 3.63) is 29.8 Å². The summed E-state index contributed by atoms with van der Waals surface area (Å²) in [4.78, 5) is 12.0. The predicted molar refractivity (Wildman–Crippen MR) is 97.2 cm³/mol. The minimum Gasteiger partial charge on any atom is -0.352 e. The molecular weight excluding hydrogens is 324 g/mol. The van der Waals surface area contributed by atoms with E-state index in [1.54, 1.807) is 12.1 Å². The number of sulfonamides is 1. The third-order valence-corrected chi connectivity index (χ3v) is 5.12. The second-order valence-corrected chi connectivity index (χ2v) is 8.45. The third-order valence-electron chi connectivity index (χ3n) is 4.53. The fourth-order valence-electron chi connectivity index (χ4n) is 3.28. The summed E-state index contributed by atoms with van der Waals surface area (Å²) >= 11 is 0. The molecular formula is C18H28N2O3S. The molecule has 1 amide bonds. The second kappa shape index (κ2) is 9.06. The number of para-hydroxylation sites is 1. The van der Waals surface area contributed by atoms with Gasteiger partial charge in [-0.3, -0.25) is 9.52 Å². The van der Waals surface area contributed by atoms with E-state index in [-0.39, 0.29) is 5.91 Å². The van der Waals surface area contributed by atoms with E-state index >= 15 is 0 Å². The van der Waals surface area contributed by atoms with Crippen LogP contribution in [0.1, 0.15) is 56.9 Å². The molecule has 1 saturated carbocycles. The molecule has 1 aromatic carbocycles. The quantitative estimate of drug-likeness (QED) is 0.753. The van der Waals surface area contributed by atoms with Crippen LogP contribution in [-0.4, -0.2) is 20.6 Å². The number of amides is 1. The van der Waals surface area contributed by atoms with Crippen molar-refractivity contribution in [2.24, 2.45) is 5.92 Å². The number of anilines is 1. The first-order chi connectivity index (χ1) is 11.4. The van der Waals surface area contributed by atoms with Crippen LogP contribution in [0, 0.1) is 5.92 Å². The summed E-state index contributed by atoms with van der Waals surface area (Å²) in [6, 6.07) is 7.11. The molecule has 0 radical (unpaired) electrons. The van der Waals surface area contributed by atoms with Crippen molar-refractivity contribution in [1.82, 2.24) is 5.32 Å². The van der Waals surface area contributed by atoms with E-state index in [0.717, 1.165) is 30.6 Å². The molecule has 0 heterocycles. The molecule has 0 spiro atoms. The van der Waals surface area contributed by atoms with Crippen molar-refractivity contribution in [1.29, 1.82) is 0 Å². The van der Waals surface area contributed by atoms with Crippen LogP contribution in [0.5, 0.6) is 0 Å². The van der Waals surface area contributed by atoms with Gasteiger partial charge in [0.1, 0.15) is 0 Å². The molecule has 6 heteroatoms. The van der Waals surface area contributed by atoms with Gasteiger partial charge in [0.2, 0.25) is 15.9 Å². The van der Waals surface area contributed by atoms with Crippen molar-refractivity contribution in [3.8, 4) is 0 Å². The zero-order valence-corrected chi connectivity index (χ0v) is 15.2. The first kappa shape index (κ1) is 18.8. The Bertz CT molecular complexity index is 637. The van der Waals surface area contributed by atoms with Gasteiger partial charge in [0.25, 0.3) is 0 Å². The van der Waals surface area contributed by atoms with E-state index in [1.807, 2.05) is 12.1 Å². The van der Waals surface area contributed by atoms with E-state index < -0.39 is 10.0 Å². The van der Waals surface area contributed by atoms with Gasteiger partial charge in [0.05, 0.1) is 11.9 Å². The van der Waals surface area contributed by atoms with Crippen LogP contribution in [0.15, 0.2) is 24.3 Å². The van der Waals surface area contributed by atoms with E-state index in [0.29, 0.717) is 18.7 Å². The van der Waals surface area contributed by atoms with Gasteiger partial charge in [0, 0.05) is 13.0 Å². The summed E-state index contributed by atoms with van der Waals surface area (Å²) in [7, 11) is -3.33. The summed E-state index contributed by atoms with van der Waals surface area (Å²) in [6.07, 6.45) is 10.4. The molecule has 2 N–H and O–H groups in total. The van der Waals surface area contributed by atoms with Gasteiger partial charge in [-0.1, -0.05) is 50.3 Å². The number of benzene rings is 1. The maximum Gasteiger partial charge on any atom is 0.229 e. The van der Waals surface area contributed by atoms with Gasteiger partial charge < -0.3 is 5.32 Å². The van der Waals surface area contributed by atoms with E-state index in [9.17, 15) is 13.2 Å². The molecule has 5 nitrogen and oxygen atoms in total. The summed E-state index contributed by atoms with van der Waals surface area (Å²) in [5.74, 6) is 0.825. The maximum absolute atomic E-state index is 12.0. The highest BCUT2D eigenvalue weighted by atomic mass is 32.2. The average molecular weight is 353 g/mol.